The predicted molar refractivity (Wildman–Crippen MR) is 131 cm³/mol. The molecule has 3 aromatic rings. The lowest BCUT2D eigenvalue weighted by molar-refractivity contribution is 0.0909. The largest absolute Gasteiger partial charge is 0.391 e. The molecule has 198 valence electrons. The molecule has 1 atom stereocenters. The van der Waals surface area contributed by atoms with E-state index in [1.165, 1.54) is 4.90 Å². The number of carbonyl (C=O) groups is 1. The summed E-state index contributed by atoms with van der Waals surface area (Å²) in [4.78, 5) is 32.2. The first-order chi connectivity index (χ1) is 17.4. The van der Waals surface area contributed by atoms with Crippen LogP contribution in [0.5, 0.6) is 0 Å². The van der Waals surface area contributed by atoms with Crippen molar-refractivity contribution < 1.29 is 27.5 Å². The summed E-state index contributed by atoms with van der Waals surface area (Å²) in [5.74, 6) is -5.68. The van der Waals surface area contributed by atoms with Crippen molar-refractivity contribution in [3.05, 3.63) is 63.5 Å². The van der Waals surface area contributed by atoms with Crippen LogP contribution in [0.3, 0.4) is 0 Å². The molecule has 1 aromatic carbocycles. The van der Waals surface area contributed by atoms with Crippen LogP contribution in [-0.4, -0.2) is 45.8 Å². The summed E-state index contributed by atoms with van der Waals surface area (Å²) in [7, 11) is 0. The molecule has 1 amide bonds. The number of amides is 1. The molecule has 1 fully saturated rings. The fourth-order valence-corrected chi connectivity index (χ4v) is 4.80. The number of fused-ring (bicyclic) bond motifs is 1. The maximum Gasteiger partial charge on any atom is 0.257 e. The van der Waals surface area contributed by atoms with Gasteiger partial charge in [-0.25, -0.2) is 22.5 Å². The monoisotopic (exact) mass is 520 g/mol. The fourth-order valence-electron chi connectivity index (χ4n) is 4.80. The molecule has 1 aliphatic rings. The Kier molecular flexibility index (Phi) is 7.27. The quantitative estimate of drug-likeness (QED) is 0.481. The third-order valence-electron chi connectivity index (χ3n) is 6.58. The second-order valence-electron chi connectivity index (χ2n) is 10.0. The van der Waals surface area contributed by atoms with Crippen molar-refractivity contribution in [2.24, 2.45) is 11.8 Å². The van der Waals surface area contributed by atoms with Crippen molar-refractivity contribution in [3.8, 4) is 5.69 Å². The summed E-state index contributed by atoms with van der Waals surface area (Å²) in [6.07, 6.45) is 0.580. The molecule has 0 spiro atoms. The number of halogens is 4. The molecule has 3 heterocycles. The van der Waals surface area contributed by atoms with Crippen LogP contribution in [0.1, 0.15) is 44.5 Å². The van der Waals surface area contributed by atoms with Crippen LogP contribution in [-0.2, 0) is 0 Å². The number of aromatic nitrogens is 2. The summed E-state index contributed by atoms with van der Waals surface area (Å²) in [6, 6.07) is 1.45. The fraction of sp³-hybridized carbons (Fsp3) is 0.423. The van der Waals surface area contributed by atoms with Gasteiger partial charge in [0.1, 0.15) is 17.1 Å². The molecule has 0 unspecified atom stereocenters. The van der Waals surface area contributed by atoms with Gasteiger partial charge in [-0.05, 0) is 24.3 Å². The van der Waals surface area contributed by atoms with Gasteiger partial charge < -0.3 is 15.3 Å². The van der Waals surface area contributed by atoms with E-state index in [-0.39, 0.29) is 47.8 Å². The predicted octanol–water partition coefficient (Wildman–Crippen LogP) is 3.92. The van der Waals surface area contributed by atoms with Gasteiger partial charge in [0.25, 0.3) is 5.91 Å². The number of benzene rings is 1. The first-order valence-electron chi connectivity index (χ1n) is 12.0. The van der Waals surface area contributed by atoms with Crippen molar-refractivity contribution in [2.45, 2.75) is 46.3 Å². The Bertz CT molecular complexity index is 1390. The number of rotatable bonds is 6. The molecule has 0 bridgehead atoms. The van der Waals surface area contributed by atoms with Crippen LogP contribution in [0.15, 0.2) is 29.2 Å². The van der Waals surface area contributed by atoms with E-state index in [4.69, 9.17) is 0 Å². The molecule has 0 radical (unpaired) electrons. The third-order valence-corrected chi connectivity index (χ3v) is 6.58. The molecular weight excluding hydrogens is 492 g/mol. The standard InChI is InChI=1S/C26H28F4N4O3/c1-12(2)21(13(3)4)31-26(37)17-11-34(22-18(28)7-14(27)8-19(22)29)24-16(23(17)36)9-20(30)25(32-24)33-6-5-15(35)10-33/h7-9,11-13,15,21,35H,5-6,10H2,1-4H3,(H,31,37)/t15-/m0/s1. The van der Waals surface area contributed by atoms with E-state index in [2.05, 4.69) is 10.3 Å². The van der Waals surface area contributed by atoms with Crippen LogP contribution in [0, 0.1) is 35.1 Å². The molecule has 4 rings (SSSR count). The van der Waals surface area contributed by atoms with Crippen molar-refractivity contribution in [2.75, 3.05) is 18.0 Å². The van der Waals surface area contributed by atoms with E-state index in [9.17, 15) is 27.9 Å². The summed E-state index contributed by atoms with van der Waals surface area (Å²) < 4.78 is 59.4. The SMILES string of the molecule is CC(C)C(NC(=O)c1cn(-c2c(F)cc(F)cc2F)c2nc(N3CC[C@H](O)C3)c(F)cc2c1=O)C(C)C. The topological polar surface area (TPSA) is 87.5 Å². The van der Waals surface area contributed by atoms with E-state index in [0.717, 1.165) is 16.8 Å². The zero-order valence-corrected chi connectivity index (χ0v) is 20.9. The Balaban J connectivity index is 1.99. The molecule has 2 N–H and O–H groups in total. The summed E-state index contributed by atoms with van der Waals surface area (Å²) >= 11 is 0. The van der Waals surface area contributed by atoms with Crippen LogP contribution < -0.4 is 15.6 Å². The minimum absolute atomic E-state index is 0.0103. The minimum atomic E-state index is -1.31. The number of pyridine rings is 2. The van der Waals surface area contributed by atoms with Gasteiger partial charge in [0.05, 0.1) is 11.5 Å². The number of aliphatic hydroxyl groups excluding tert-OH is 1. The Morgan fingerprint density at radius 1 is 1.05 bits per heavy atom. The molecule has 2 aromatic heterocycles. The average molecular weight is 521 g/mol. The number of nitrogens with zero attached hydrogens (tertiary/aromatic N) is 3. The first-order valence-corrected chi connectivity index (χ1v) is 12.0. The summed E-state index contributed by atoms with van der Waals surface area (Å²) in [5.41, 5.74) is -2.46. The maximum atomic E-state index is 15.1. The average Bonchev–Trinajstić information content (AvgIpc) is 3.23. The van der Waals surface area contributed by atoms with Crippen LogP contribution in [0.25, 0.3) is 16.7 Å². The van der Waals surface area contributed by atoms with Gasteiger partial charge in [-0.2, -0.15) is 0 Å². The smallest absolute Gasteiger partial charge is 0.257 e. The number of hydrogen-bond acceptors (Lipinski definition) is 5. The molecule has 7 nitrogen and oxygen atoms in total. The van der Waals surface area contributed by atoms with E-state index in [1.54, 1.807) is 0 Å². The van der Waals surface area contributed by atoms with Gasteiger partial charge >= 0.3 is 0 Å². The van der Waals surface area contributed by atoms with Gasteiger partial charge in [-0.3, -0.25) is 14.2 Å². The molecule has 0 aliphatic carbocycles. The normalized spacial score (nSPS) is 16.0. The van der Waals surface area contributed by atoms with Crippen molar-refractivity contribution >= 4 is 22.8 Å². The molecule has 37 heavy (non-hydrogen) atoms. The molecule has 11 heteroatoms. The Hall–Kier alpha value is -3.47. The lowest BCUT2D eigenvalue weighted by Crippen LogP contribution is -2.43. The Morgan fingerprint density at radius 2 is 1.68 bits per heavy atom. The third kappa shape index (κ3) is 5.04. The highest BCUT2D eigenvalue weighted by Gasteiger charge is 2.28. The minimum Gasteiger partial charge on any atom is -0.391 e. The van der Waals surface area contributed by atoms with Crippen LogP contribution >= 0.6 is 0 Å². The van der Waals surface area contributed by atoms with Crippen LogP contribution in [0.4, 0.5) is 23.4 Å². The van der Waals surface area contributed by atoms with E-state index in [0.29, 0.717) is 18.6 Å². The van der Waals surface area contributed by atoms with Crippen molar-refractivity contribution in [1.82, 2.24) is 14.9 Å². The first kappa shape index (κ1) is 26.6. The highest BCUT2D eigenvalue weighted by Crippen LogP contribution is 2.28. The molecular formula is C26H28F4N4O3. The second kappa shape index (κ2) is 10.1. The maximum absolute atomic E-state index is 15.1. The van der Waals surface area contributed by atoms with Gasteiger partial charge in [-0.1, -0.05) is 27.7 Å². The van der Waals surface area contributed by atoms with Gasteiger partial charge in [0.2, 0.25) is 5.43 Å². The van der Waals surface area contributed by atoms with Gasteiger partial charge in [-0.15, -0.1) is 0 Å². The summed E-state index contributed by atoms with van der Waals surface area (Å²) in [6.45, 7) is 7.91. The lowest BCUT2D eigenvalue weighted by Gasteiger charge is -2.26. The Morgan fingerprint density at radius 3 is 2.22 bits per heavy atom. The zero-order valence-electron chi connectivity index (χ0n) is 20.9. The number of nitrogens with one attached hydrogen (secondary N) is 1. The van der Waals surface area contributed by atoms with Gasteiger partial charge in [0, 0.05) is 37.5 Å². The van der Waals surface area contributed by atoms with Crippen molar-refractivity contribution in [1.29, 1.82) is 0 Å². The number of carbonyl (C=O) groups excluding carboxylic acids is 1. The zero-order chi connectivity index (χ0) is 27.2. The number of aliphatic hydroxyl groups is 1. The number of hydrogen-bond donors (Lipinski definition) is 2. The highest BCUT2D eigenvalue weighted by molar-refractivity contribution is 5.97. The van der Waals surface area contributed by atoms with Crippen LogP contribution in [0.2, 0.25) is 0 Å². The highest BCUT2D eigenvalue weighted by atomic mass is 19.1. The Labute approximate surface area is 210 Å². The van der Waals surface area contributed by atoms with E-state index < -0.39 is 52.0 Å². The number of anilines is 1. The number of β-amino-alcohol motifs (C(OH)–C–C–N with tert-alkyl or cyclic N) is 1. The molecule has 0 saturated carbocycles. The lowest BCUT2D eigenvalue weighted by atomic mass is 9.93. The molecule has 1 saturated heterocycles. The second-order valence-corrected chi connectivity index (χ2v) is 10.0. The summed E-state index contributed by atoms with van der Waals surface area (Å²) in [5, 5.41) is 12.3. The van der Waals surface area contributed by atoms with E-state index in [1.807, 2.05) is 27.7 Å². The van der Waals surface area contributed by atoms with Gasteiger partial charge in [0.15, 0.2) is 28.9 Å². The molecule has 1 aliphatic heterocycles. The van der Waals surface area contributed by atoms with E-state index >= 15 is 4.39 Å². The van der Waals surface area contributed by atoms with Crippen molar-refractivity contribution in [3.63, 3.8) is 0 Å².